The number of ether oxygens (including phenoxy) is 1. The van der Waals surface area contributed by atoms with E-state index in [1.165, 1.54) is 11.1 Å². The molecule has 3 unspecified atom stereocenters. The van der Waals surface area contributed by atoms with E-state index in [-0.39, 0.29) is 5.41 Å². The summed E-state index contributed by atoms with van der Waals surface area (Å²) in [4.78, 5) is 15.0. The Hall–Kier alpha value is -1.33. The van der Waals surface area contributed by atoms with Crippen LogP contribution in [0, 0.1) is 16.7 Å². The van der Waals surface area contributed by atoms with E-state index >= 15 is 0 Å². The largest absolute Gasteiger partial charge is 0.507 e. The Labute approximate surface area is 169 Å². The smallest absolute Gasteiger partial charge is 0.157 e. The van der Waals surface area contributed by atoms with Gasteiger partial charge in [0.15, 0.2) is 5.76 Å². The van der Waals surface area contributed by atoms with Crippen LogP contribution in [0.1, 0.15) is 39.0 Å². The molecule has 4 aliphatic rings. The Morgan fingerprint density at radius 2 is 2.22 bits per heavy atom. The van der Waals surface area contributed by atoms with Crippen molar-refractivity contribution < 1.29 is 14.6 Å². The van der Waals surface area contributed by atoms with Crippen molar-refractivity contribution in [3.63, 3.8) is 0 Å². The zero-order chi connectivity index (χ0) is 19.6. The van der Waals surface area contributed by atoms with Gasteiger partial charge in [0.1, 0.15) is 11.5 Å². The van der Waals surface area contributed by atoms with Crippen molar-refractivity contribution in [2.45, 2.75) is 45.1 Å². The molecule has 0 aliphatic heterocycles. The summed E-state index contributed by atoms with van der Waals surface area (Å²) in [6.07, 6.45) is 7.52. The molecule has 4 atom stereocenters. The maximum absolute atomic E-state index is 12.6. The molecular weight excluding hydrogens is 406 g/mol. The van der Waals surface area contributed by atoms with E-state index in [2.05, 4.69) is 41.4 Å². The van der Waals surface area contributed by atoms with Crippen LogP contribution in [0.5, 0.6) is 0 Å². The number of halogens is 1. The number of aliphatic hydroxyl groups is 1. The number of carbonyl (C=O) groups is 1. The number of fused-ring (bicyclic) bond motifs is 1. The van der Waals surface area contributed by atoms with Gasteiger partial charge in [-0.25, -0.2) is 0 Å². The van der Waals surface area contributed by atoms with Crippen molar-refractivity contribution in [2.75, 3.05) is 20.7 Å². The molecule has 2 saturated carbocycles. The number of rotatable bonds is 5. The van der Waals surface area contributed by atoms with Crippen LogP contribution in [-0.4, -0.2) is 42.5 Å². The van der Waals surface area contributed by atoms with Crippen LogP contribution >= 0.6 is 15.9 Å². The number of Topliss-reactive ketones (excluding diaryl/α,β-unsaturated/α-hetero) is 1. The first kappa shape index (κ1) is 19.0. The molecule has 0 aromatic heterocycles. The fourth-order valence-corrected chi connectivity index (χ4v) is 7.19. The van der Waals surface area contributed by atoms with Gasteiger partial charge >= 0.3 is 0 Å². The molecule has 27 heavy (non-hydrogen) atoms. The third-order valence-corrected chi connectivity index (χ3v) is 7.84. The van der Waals surface area contributed by atoms with E-state index in [1.54, 1.807) is 7.11 Å². The summed E-state index contributed by atoms with van der Waals surface area (Å²) in [6.45, 7) is 6.92. The molecule has 4 rings (SSSR count). The number of carbonyl (C=O) groups excluding carboxylic acids is 1. The average Bonchev–Trinajstić information content (AvgIpc) is 3.02. The normalized spacial score (nSPS) is 37.5. The second-order valence-electron chi connectivity index (χ2n) is 8.35. The number of aliphatic hydroxyl groups excluding tert-OH is 1. The van der Waals surface area contributed by atoms with Crippen molar-refractivity contribution in [3.8, 4) is 0 Å². The molecule has 0 saturated heterocycles. The maximum atomic E-state index is 12.6. The molecule has 2 spiro atoms. The second-order valence-corrected chi connectivity index (χ2v) is 9.37. The summed E-state index contributed by atoms with van der Waals surface area (Å²) in [5.41, 5.74) is 2.00. The van der Waals surface area contributed by atoms with Gasteiger partial charge in [0.25, 0.3) is 0 Å². The lowest BCUT2D eigenvalue weighted by Crippen LogP contribution is -2.46. The van der Waals surface area contributed by atoms with Crippen molar-refractivity contribution in [2.24, 2.45) is 16.7 Å². The minimum atomic E-state index is -0.469. The Kier molecular flexibility index (Phi) is 4.47. The fraction of sp³-hybridized carbons (Fsp3) is 0.591. The van der Waals surface area contributed by atoms with Crippen molar-refractivity contribution in [1.29, 1.82) is 0 Å². The van der Waals surface area contributed by atoms with Crippen LogP contribution in [0.2, 0.25) is 0 Å². The van der Waals surface area contributed by atoms with Crippen LogP contribution in [0.15, 0.2) is 45.9 Å². The summed E-state index contributed by atoms with van der Waals surface area (Å²) < 4.78 is 6.52. The minimum absolute atomic E-state index is 0.255. The number of hydrogen-bond donors (Lipinski definition) is 1. The van der Waals surface area contributed by atoms with Crippen LogP contribution < -0.4 is 0 Å². The van der Waals surface area contributed by atoms with Gasteiger partial charge in [-0.1, -0.05) is 34.5 Å². The summed E-state index contributed by atoms with van der Waals surface area (Å²) in [5, 5.41) is 11.3. The van der Waals surface area contributed by atoms with Gasteiger partial charge in [-0.2, -0.15) is 0 Å². The van der Waals surface area contributed by atoms with Gasteiger partial charge in [0.05, 0.1) is 12.5 Å². The molecule has 0 amide bonds. The summed E-state index contributed by atoms with van der Waals surface area (Å²) in [7, 11) is 3.74. The van der Waals surface area contributed by atoms with Gasteiger partial charge in [0, 0.05) is 35.3 Å². The minimum Gasteiger partial charge on any atom is -0.507 e. The van der Waals surface area contributed by atoms with Gasteiger partial charge in [-0.15, -0.1) is 6.58 Å². The highest BCUT2D eigenvalue weighted by atomic mass is 79.9. The van der Waals surface area contributed by atoms with Crippen molar-refractivity contribution >= 4 is 21.7 Å². The summed E-state index contributed by atoms with van der Waals surface area (Å²) in [6, 6.07) is 0.324. The van der Waals surface area contributed by atoms with Gasteiger partial charge in [-0.05, 0) is 43.9 Å². The van der Waals surface area contributed by atoms with Crippen LogP contribution in [-0.2, 0) is 9.53 Å². The predicted molar refractivity (Wildman–Crippen MR) is 109 cm³/mol. The molecule has 5 heteroatoms. The van der Waals surface area contributed by atoms with Crippen LogP contribution in [0.25, 0.3) is 0 Å². The van der Waals surface area contributed by atoms with E-state index < -0.39 is 5.41 Å². The number of methoxy groups -OCH3 is 1. The molecule has 4 nitrogen and oxygen atoms in total. The average molecular weight is 434 g/mol. The Morgan fingerprint density at radius 3 is 2.85 bits per heavy atom. The van der Waals surface area contributed by atoms with Gasteiger partial charge < -0.3 is 9.84 Å². The van der Waals surface area contributed by atoms with Gasteiger partial charge in [-0.3, -0.25) is 9.69 Å². The number of allylic oxidation sites excluding steroid dienone is 3. The summed E-state index contributed by atoms with van der Waals surface area (Å²) in [5.74, 6) is 1.51. The maximum Gasteiger partial charge on any atom is 0.157 e. The molecule has 0 aromatic carbocycles. The Morgan fingerprint density at radius 1 is 1.48 bits per heavy atom. The van der Waals surface area contributed by atoms with E-state index in [4.69, 9.17) is 4.74 Å². The van der Waals surface area contributed by atoms with Gasteiger partial charge in [0.2, 0.25) is 0 Å². The molecule has 0 heterocycles. The standard InChI is InChI=1S/C22H28BrNO3/c1-5-9-24(3)18-15(6-2)19-21(12-14(25)7-8-16(18)21)22(19)11-13(23)10-17(27-4)20(22)26/h5,10,16,18,26H,1,6-9,11-12H2,2-4H3/t16?,18?,21-,22?/m1/s1. The summed E-state index contributed by atoms with van der Waals surface area (Å²) >= 11 is 3.66. The topological polar surface area (TPSA) is 49.8 Å². The highest BCUT2D eigenvalue weighted by Crippen LogP contribution is 2.86. The molecule has 2 fully saturated rings. The van der Waals surface area contributed by atoms with Crippen LogP contribution in [0.4, 0.5) is 0 Å². The van der Waals surface area contributed by atoms with Crippen LogP contribution in [0.3, 0.4) is 0 Å². The molecule has 0 aromatic rings. The highest BCUT2D eigenvalue weighted by Gasteiger charge is 2.83. The van der Waals surface area contributed by atoms with E-state index in [0.717, 1.165) is 23.9 Å². The SMILES string of the molecule is C=CCN(C)C1C(CC)=C2C3(CC(Br)=CC(OC)=C3O)[C@@]23CC(=O)CCC13. The molecule has 146 valence electrons. The Bertz CT molecular complexity index is 810. The van der Waals surface area contributed by atoms with Crippen molar-refractivity contribution in [1.82, 2.24) is 4.90 Å². The number of likely N-dealkylation sites (N-methyl/N-ethyl adjacent to an activating group) is 1. The predicted octanol–water partition coefficient (Wildman–Crippen LogP) is 4.65. The quantitative estimate of drug-likeness (QED) is 0.641. The lowest BCUT2D eigenvalue weighted by atomic mass is 9.66. The first-order valence-corrected chi connectivity index (χ1v) is 10.6. The lowest BCUT2D eigenvalue weighted by Gasteiger charge is -2.43. The molecule has 4 aliphatic carbocycles. The molecule has 0 bridgehead atoms. The lowest BCUT2D eigenvalue weighted by molar-refractivity contribution is -0.124. The monoisotopic (exact) mass is 433 g/mol. The molecule has 0 radical (unpaired) electrons. The molecule has 1 N–H and O–H groups in total. The third-order valence-electron chi connectivity index (χ3n) is 7.33. The number of nitrogens with zero attached hydrogens (tertiary/aromatic N) is 1. The molecular formula is C22H28BrNO3. The third kappa shape index (κ3) is 2.21. The number of ketones is 1. The van der Waals surface area contributed by atoms with E-state index in [1.807, 2.05) is 12.2 Å². The number of hydrogen-bond acceptors (Lipinski definition) is 4. The first-order chi connectivity index (χ1) is 12.9. The Balaban J connectivity index is 1.91. The second kappa shape index (κ2) is 6.35. The highest BCUT2D eigenvalue weighted by molar-refractivity contribution is 9.11. The fourth-order valence-electron chi connectivity index (χ4n) is 6.57. The zero-order valence-electron chi connectivity index (χ0n) is 16.3. The van der Waals surface area contributed by atoms with E-state index in [0.29, 0.717) is 48.5 Å². The zero-order valence-corrected chi connectivity index (χ0v) is 17.9. The van der Waals surface area contributed by atoms with Crippen molar-refractivity contribution in [3.05, 3.63) is 45.9 Å². The van der Waals surface area contributed by atoms with E-state index in [9.17, 15) is 9.90 Å². The first-order valence-electron chi connectivity index (χ1n) is 9.79.